The minimum atomic E-state index is -0.623. The monoisotopic (exact) mass is 240 g/mol. The number of hydrogen-bond donors (Lipinski definition) is 1. The highest BCUT2D eigenvalue weighted by atomic mass is 35.5. The van der Waals surface area contributed by atoms with Crippen molar-refractivity contribution in [1.82, 2.24) is 4.98 Å². The van der Waals surface area contributed by atoms with Gasteiger partial charge in [0, 0.05) is 22.7 Å². The molecule has 76 valence electrons. The Labute approximate surface area is 95.8 Å². The van der Waals surface area contributed by atoms with E-state index in [1.807, 2.05) is 0 Å². The standard InChI is InChI=1S/C10H6Cl2N2O/c11-8-4-14-9(10(12)15)7-3-5(13)1-2-6(7)8/h1-4H,13H2. The molecule has 1 heterocycles. The summed E-state index contributed by atoms with van der Waals surface area (Å²) in [6.45, 7) is 0. The molecule has 2 N–H and O–H groups in total. The Kier molecular flexibility index (Phi) is 2.50. The van der Waals surface area contributed by atoms with E-state index in [-0.39, 0.29) is 5.69 Å². The average Bonchev–Trinajstić information content (AvgIpc) is 2.17. The minimum absolute atomic E-state index is 0.170. The molecule has 0 unspecified atom stereocenters. The molecule has 0 radical (unpaired) electrons. The van der Waals surface area contributed by atoms with E-state index in [1.54, 1.807) is 18.2 Å². The average molecular weight is 241 g/mol. The van der Waals surface area contributed by atoms with Crippen LogP contribution in [0, 0.1) is 0 Å². The number of rotatable bonds is 1. The van der Waals surface area contributed by atoms with Crippen LogP contribution in [0.25, 0.3) is 10.8 Å². The molecule has 1 aromatic heterocycles. The molecule has 0 atom stereocenters. The maximum Gasteiger partial charge on any atom is 0.271 e. The predicted octanol–water partition coefficient (Wildman–Crippen LogP) is 2.85. The summed E-state index contributed by atoms with van der Waals surface area (Å²) in [7, 11) is 0. The van der Waals surface area contributed by atoms with E-state index >= 15 is 0 Å². The quantitative estimate of drug-likeness (QED) is 0.616. The topological polar surface area (TPSA) is 56.0 Å². The fourth-order valence-electron chi connectivity index (χ4n) is 1.38. The first-order chi connectivity index (χ1) is 7.09. The third-order valence-corrected chi connectivity index (χ3v) is 2.53. The second-order valence-electron chi connectivity index (χ2n) is 3.03. The van der Waals surface area contributed by atoms with Crippen molar-refractivity contribution < 1.29 is 4.79 Å². The van der Waals surface area contributed by atoms with Crippen LogP contribution in [0.15, 0.2) is 24.4 Å². The highest BCUT2D eigenvalue weighted by molar-refractivity contribution is 6.68. The number of carbonyl (C=O) groups is 1. The second kappa shape index (κ2) is 3.68. The summed E-state index contributed by atoms with van der Waals surface area (Å²) in [5, 5.41) is 1.13. The van der Waals surface area contributed by atoms with E-state index in [0.29, 0.717) is 21.5 Å². The van der Waals surface area contributed by atoms with E-state index in [4.69, 9.17) is 28.9 Å². The lowest BCUT2D eigenvalue weighted by atomic mass is 10.1. The van der Waals surface area contributed by atoms with E-state index in [1.165, 1.54) is 6.20 Å². The number of benzene rings is 1. The highest BCUT2D eigenvalue weighted by Crippen LogP contribution is 2.27. The number of hydrogen-bond acceptors (Lipinski definition) is 3. The number of carbonyl (C=O) groups excluding carboxylic acids is 1. The van der Waals surface area contributed by atoms with Crippen molar-refractivity contribution in [2.24, 2.45) is 0 Å². The molecule has 0 bridgehead atoms. The van der Waals surface area contributed by atoms with Gasteiger partial charge in [0.25, 0.3) is 5.24 Å². The molecule has 3 nitrogen and oxygen atoms in total. The fourth-order valence-corrected chi connectivity index (χ4v) is 1.75. The molecule has 0 amide bonds. The van der Waals surface area contributed by atoms with Gasteiger partial charge < -0.3 is 5.73 Å². The molecule has 0 saturated carbocycles. The highest BCUT2D eigenvalue weighted by Gasteiger charge is 2.11. The van der Waals surface area contributed by atoms with Crippen LogP contribution in [0.4, 0.5) is 5.69 Å². The van der Waals surface area contributed by atoms with Crippen LogP contribution in [0.5, 0.6) is 0 Å². The molecular formula is C10H6Cl2N2O. The van der Waals surface area contributed by atoms with Crippen LogP contribution >= 0.6 is 23.2 Å². The zero-order valence-corrected chi connectivity index (χ0v) is 9.01. The van der Waals surface area contributed by atoms with Crippen LogP contribution in [-0.2, 0) is 0 Å². The Morgan fingerprint density at radius 3 is 2.73 bits per heavy atom. The number of aromatic nitrogens is 1. The first kappa shape index (κ1) is 10.2. The van der Waals surface area contributed by atoms with Crippen molar-refractivity contribution >= 4 is 44.9 Å². The summed E-state index contributed by atoms with van der Waals surface area (Å²) in [6, 6.07) is 5.07. The van der Waals surface area contributed by atoms with Gasteiger partial charge >= 0.3 is 0 Å². The van der Waals surface area contributed by atoms with Gasteiger partial charge in [-0.15, -0.1) is 0 Å². The molecule has 15 heavy (non-hydrogen) atoms. The van der Waals surface area contributed by atoms with Gasteiger partial charge in [-0.1, -0.05) is 17.7 Å². The van der Waals surface area contributed by atoms with Crippen molar-refractivity contribution in [1.29, 1.82) is 0 Å². The van der Waals surface area contributed by atoms with Crippen molar-refractivity contribution in [3.05, 3.63) is 35.1 Å². The third kappa shape index (κ3) is 1.76. The van der Waals surface area contributed by atoms with Gasteiger partial charge in [0.2, 0.25) is 0 Å². The van der Waals surface area contributed by atoms with E-state index in [0.717, 1.165) is 0 Å². The molecule has 0 aliphatic rings. The first-order valence-electron chi connectivity index (χ1n) is 4.13. The van der Waals surface area contributed by atoms with Crippen LogP contribution in [-0.4, -0.2) is 10.2 Å². The molecule has 0 spiro atoms. The SMILES string of the molecule is Nc1ccc2c(Cl)cnc(C(=O)Cl)c2c1. The van der Waals surface area contributed by atoms with Crippen LogP contribution < -0.4 is 5.73 Å². The van der Waals surface area contributed by atoms with Gasteiger partial charge in [0.05, 0.1) is 5.02 Å². The van der Waals surface area contributed by atoms with Crippen molar-refractivity contribution in [3.8, 4) is 0 Å². The number of anilines is 1. The number of fused-ring (bicyclic) bond motifs is 1. The maximum atomic E-state index is 11.1. The Morgan fingerprint density at radius 2 is 2.07 bits per heavy atom. The largest absolute Gasteiger partial charge is 0.399 e. The Bertz CT molecular complexity index is 554. The maximum absolute atomic E-state index is 11.1. The minimum Gasteiger partial charge on any atom is -0.399 e. The summed E-state index contributed by atoms with van der Waals surface area (Å²) in [4.78, 5) is 15.0. The molecule has 0 fully saturated rings. The number of nitrogens with zero attached hydrogens (tertiary/aromatic N) is 1. The summed E-state index contributed by atoms with van der Waals surface area (Å²) < 4.78 is 0. The van der Waals surface area contributed by atoms with Crippen molar-refractivity contribution in [3.63, 3.8) is 0 Å². The summed E-state index contributed by atoms with van der Waals surface area (Å²) in [5.41, 5.74) is 6.32. The Morgan fingerprint density at radius 1 is 1.33 bits per heavy atom. The lowest BCUT2D eigenvalue weighted by Gasteiger charge is -2.04. The number of nitrogen functional groups attached to an aromatic ring is 1. The molecular weight excluding hydrogens is 235 g/mol. The van der Waals surface area contributed by atoms with E-state index in [9.17, 15) is 4.79 Å². The lowest BCUT2D eigenvalue weighted by molar-refractivity contribution is 0.107. The van der Waals surface area contributed by atoms with Gasteiger partial charge in [-0.2, -0.15) is 0 Å². The zero-order chi connectivity index (χ0) is 11.0. The summed E-state index contributed by atoms with van der Waals surface area (Å²) in [6.07, 6.45) is 1.40. The van der Waals surface area contributed by atoms with Crippen molar-refractivity contribution in [2.45, 2.75) is 0 Å². The molecule has 0 aliphatic carbocycles. The fraction of sp³-hybridized carbons (Fsp3) is 0. The number of pyridine rings is 1. The summed E-state index contributed by atoms with van der Waals surface area (Å²) >= 11 is 11.3. The Hall–Kier alpha value is -1.32. The van der Waals surface area contributed by atoms with E-state index in [2.05, 4.69) is 4.98 Å². The number of nitrogens with two attached hydrogens (primary N) is 1. The van der Waals surface area contributed by atoms with Crippen LogP contribution in [0.1, 0.15) is 10.5 Å². The summed E-state index contributed by atoms with van der Waals surface area (Å²) in [5.74, 6) is 0. The van der Waals surface area contributed by atoms with Crippen LogP contribution in [0.3, 0.4) is 0 Å². The molecule has 5 heteroatoms. The van der Waals surface area contributed by atoms with Gasteiger partial charge in [-0.05, 0) is 23.7 Å². The molecule has 2 aromatic rings. The normalized spacial score (nSPS) is 10.5. The number of halogens is 2. The van der Waals surface area contributed by atoms with Gasteiger partial charge in [-0.3, -0.25) is 4.79 Å². The molecule has 2 rings (SSSR count). The Balaban J connectivity index is 2.90. The second-order valence-corrected chi connectivity index (χ2v) is 3.78. The van der Waals surface area contributed by atoms with Gasteiger partial charge in [0.15, 0.2) is 0 Å². The molecule has 1 aromatic carbocycles. The van der Waals surface area contributed by atoms with Crippen LogP contribution in [0.2, 0.25) is 5.02 Å². The molecule has 0 aliphatic heterocycles. The molecule has 0 saturated heterocycles. The van der Waals surface area contributed by atoms with Crippen molar-refractivity contribution in [2.75, 3.05) is 5.73 Å². The van der Waals surface area contributed by atoms with Gasteiger partial charge in [0.1, 0.15) is 5.69 Å². The lowest BCUT2D eigenvalue weighted by Crippen LogP contribution is -1.96. The van der Waals surface area contributed by atoms with E-state index < -0.39 is 5.24 Å². The smallest absolute Gasteiger partial charge is 0.271 e. The predicted molar refractivity (Wildman–Crippen MR) is 61.3 cm³/mol. The third-order valence-electron chi connectivity index (χ3n) is 2.05. The zero-order valence-electron chi connectivity index (χ0n) is 7.50. The van der Waals surface area contributed by atoms with Gasteiger partial charge in [-0.25, -0.2) is 4.98 Å². The first-order valence-corrected chi connectivity index (χ1v) is 4.89.